The zero-order chi connectivity index (χ0) is 10.1. The minimum absolute atomic E-state index is 0.0522. The van der Waals surface area contributed by atoms with Crippen molar-refractivity contribution in [2.24, 2.45) is 0 Å². The summed E-state index contributed by atoms with van der Waals surface area (Å²) in [6.45, 7) is 8.25. The molecule has 1 atom stereocenters. The Bertz CT molecular complexity index is 277. The molecule has 74 valence electrons. The molecule has 1 aromatic heterocycles. The molecule has 0 aliphatic rings. The second-order valence-electron chi connectivity index (χ2n) is 4.07. The predicted octanol–water partition coefficient (Wildman–Crippen LogP) is 2.79. The third-order valence-electron chi connectivity index (χ3n) is 1.78. The molecule has 0 fully saturated rings. The summed E-state index contributed by atoms with van der Waals surface area (Å²) in [6.07, 6.45) is 2.03. The van der Waals surface area contributed by atoms with Crippen molar-refractivity contribution in [2.75, 3.05) is 6.26 Å². The zero-order valence-electron chi connectivity index (χ0n) is 8.79. The van der Waals surface area contributed by atoms with Crippen LogP contribution >= 0.6 is 11.8 Å². The van der Waals surface area contributed by atoms with Gasteiger partial charge in [-0.2, -0.15) is 11.8 Å². The maximum absolute atomic E-state index is 5.56. The Balaban J connectivity index is 2.87. The van der Waals surface area contributed by atoms with Crippen LogP contribution in [0.5, 0.6) is 0 Å². The highest BCUT2D eigenvalue weighted by atomic mass is 32.2. The third kappa shape index (κ3) is 2.46. The molecule has 0 bridgehead atoms. The molecule has 0 saturated carbocycles. The molecule has 1 unspecified atom stereocenters. The summed E-state index contributed by atoms with van der Waals surface area (Å²) < 4.78 is 5.56. The van der Waals surface area contributed by atoms with Gasteiger partial charge < -0.3 is 4.42 Å². The minimum Gasteiger partial charge on any atom is -0.424 e. The lowest BCUT2D eigenvalue weighted by Gasteiger charge is -2.11. The molecule has 0 saturated heterocycles. The third-order valence-corrected chi connectivity index (χ3v) is 2.69. The Labute approximate surface area is 83.3 Å². The van der Waals surface area contributed by atoms with E-state index in [9.17, 15) is 0 Å². The fourth-order valence-electron chi connectivity index (χ4n) is 0.803. The summed E-state index contributed by atoms with van der Waals surface area (Å²) >= 11 is 1.71. The maximum atomic E-state index is 5.56. The fourth-order valence-corrected chi connectivity index (χ4v) is 1.10. The van der Waals surface area contributed by atoms with Crippen LogP contribution in [0.25, 0.3) is 0 Å². The van der Waals surface area contributed by atoms with Crippen LogP contribution in [-0.2, 0) is 5.41 Å². The van der Waals surface area contributed by atoms with Crippen molar-refractivity contribution >= 4 is 11.8 Å². The van der Waals surface area contributed by atoms with E-state index in [1.54, 1.807) is 11.8 Å². The number of rotatable bonds is 2. The summed E-state index contributed by atoms with van der Waals surface area (Å²) in [5, 5.41) is 8.32. The second-order valence-corrected chi connectivity index (χ2v) is 5.25. The van der Waals surface area contributed by atoms with Gasteiger partial charge in [-0.3, -0.25) is 0 Å². The molecule has 0 radical (unpaired) electrons. The SMILES string of the molecule is CSC(C)c1nnc(C(C)(C)C)o1. The molecule has 0 aliphatic heterocycles. The number of hydrogen-bond donors (Lipinski definition) is 0. The van der Waals surface area contributed by atoms with Gasteiger partial charge in [-0.15, -0.1) is 10.2 Å². The maximum Gasteiger partial charge on any atom is 0.229 e. The zero-order valence-corrected chi connectivity index (χ0v) is 9.60. The molecule has 4 heteroatoms. The number of thioether (sulfide) groups is 1. The van der Waals surface area contributed by atoms with Crippen LogP contribution in [-0.4, -0.2) is 16.5 Å². The van der Waals surface area contributed by atoms with E-state index in [2.05, 4.69) is 37.9 Å². The largest absolute Gasteiger partial charge is 0.424 e. The highest BCUT2D eigenvalue weighted by molar-refractivity contribution is 7.98. The Hall–Kier alpha value is -0.510. The van der Waals surface area contributed by atoms with Crippen LogP contribution in [0.3, 0.4) is 0 Å². The van der Waals surface area contributed by atoms with E-state index in [1.165, 1.54) is 0 Å². The average molecular weight is 200 g/mol. The van der Waals surface area contributed by atoms with Gasteiger partial charge in [0, 0.05) is 5.41 Å². The van der Waals surface area contributed by atoms with E-state index in [0.717, 1.165) is 5.89 Å². The van der Waals surface area contributed by atoms with Crippen LogP contribution in [0, 0.1) is 0 Å². The molecule has 1 rings (SSSR count). The van der Waals surface area contributed by atoms with Gasteiger partial charge in [-0.25, -0.2) is 0 Å². The van der Waals surface area contributed by atoms with E-state index < -0.39 is 0 Å². The van der Waals surface area contributed by atoms with Gasteiger partial charge in [0.15, 0.2) is 0 Å². The monoisotopic (exact) mass is 200 g/mol. The van der Waals surface area contributed by atoms with Crippen LogP contribution in [0.4, 0.5) is 0 Å². The van der Waals surface area contributed by atoms with Crippen LogP contribution < -0.4 is 0 Å². The van der Waals surface area contributed by atoms with Crippen molar-refractivity contribution in [3.63, 3.8) is 0 Å². The molecule has 1 aromatic rings. The first kappa shape index (κ1) is 10.6. The first-order chi connectivity index (χ1) is 5.95. The summed E-state index contributed by atoms with van der Waals surface area (Å²) in [5.41, 5.74) is -0.0522. The number of nitrogens with zero attached hydrogens (tertiary/aromatic N) is 2. The molecule has 0 N–H and O–H groups in total. The number of aromatic nitrogens is 2. The molecule has 0 amide bonds. The smallest absolute Gasteiger partial charge is 0.229 e. The Morgan fingerprint density at radius 1 is 1.31 bits per heavy atom. The van der Waals surface area contributed by atoms with E-state index >= 15 is 0 Å². The summed E-state index contributed by atoms with van der Waals surface area (Å²) in [7, 11) is 0. The van der Waals surface area contributed by atoms with Crippen molar-refractivity contribution in [3.8, 4) is 0 Å². The van der Waals surface area contributed by atoms with Gasteiger partial charge in [0.05, 0.1) is 5.25 Å². The molecular weight excluding hydrogens is 184 g/mol. The van der Waals surface area contributed by atoms with Crippen molar-refractivity contribution in [1.29, 1.82) is 0 Å². The van der Waals surface area contributed by atoms with E-state index in [1.807, 2.05) is 6.26 Å². The van der Waals surface area contributed by atoms with E-state index in [-0.39, 0.29) is 10.7 Å². The van der Waals surface area contributed by atoms with Crippen molar-refractivity contribution < 1.29 is 4.42 Å². The van der Waals surface area contributed by atoms with Crippen molar-refractivity contribution in [3.05, 3.63) is 11.8 Å². The lowest BCUT2D eigenvalue weighted by Crippen LogP contribution is -2.11. The lowest BCUT2D eigenvalue weighted by molar-refractivity contribution is 0.372. The van der Waals surface area contributed by atoms with E-state index in [0.29, 0.717) is 5.89 Å². The van der Waals surface area contributed by atoms with Gasteiger partial charge in [-0.05, 0) is 13.2 Å². The molecule has 0 aromatic carbocycles. The molecule has 0 spiro atoms. The van der Waals surface area contributed by atoms with E-state index in [4.69, 9.17) is 4.42 Å². The van der Waals surface area contributed by atoms with Crippen molar-refractivity contribution in [1.82, 2.24) is 10.2 Å². The fraction of sp³-hybridized carbons (Fsp3) is 0.778. The second kappa shape index (κ2) is 3.70. The molecular formula is C9H16N2OS. The molecule has 13 heavy (non-hydrogen) atoms. The van der Waals surface area contributed by atoms with Gasteiger partial charge in [0.1, 0.15) is 0 Å². The molecule has 0 aliphatic carbocycles. The van der Waals surface area contributed by atoms with Gasteiger partial charge >= 0.3 is 0 Å². The van der Waals surface area contributed by atoms with Gasteiger partial charge in [-0.1, -0.05) is 20.8 Å². The summed E-state index contributed by atoms with van der Waals surface area (Å²) in [5.74, 6) is 1.43. The van der Waals surface area contributed by atoms with Gasteiger partial charge in [0.25, 0.3) is 0 Å². The Kier molecular flexibility index (Phi) is 3.01. The van der Waals surface area contributed by atoms with Crippen LogP contribution in [0.15, 0.2) is 4.42 Å². The lowest BCUT2D eigenvalue weighted by atomic mass is 9.97. The summed E-state index contributed by atoms with van der Waals surface area (Å²) in [6, 6.07) is 0. The minimum atomic E-state index is -0.0522. The normalized spacial score (nSPS) is 14.5. The highest BCUT2D eigenvalue weighted by Crippen LogP contribution is 2.27. The number of hydrogen-bond acceptors (Lipinski definition) is 4. The predicted molar refractivity (Wildman–Crippen MR) is 54.9 cm³/mol. The standard InChI is InChI=1S/C9H16N2OS/c1-6(13-5)7-10-11-8(12-7)9(2,3)4/h6H,1-5H3. The van der Waals surface area contributed by atoms with Crippen LogP contribution in [0.1, 0.15) is 44.7 Å². The first-order valence-corrected chi connectivity index (χ1v) is 5.60. The summed E-state index contributed by atoms with van der Waals surface area (Å²) in [4.78, 5) is 0. The van der Waals surface area contributed by atoms with Crippen LogP contribution in [0.2, 0.25) is 0 Å². The van der Waals surface area contributed by atoms with Crippen molar-refractivity contribution in [2.45, 2.75) is 38.4 Å². The molecule has 3 nitrogen and oxygen atoms in total. The topological polar surface area (TPSA) is 38.9 Å². The quantitative estimate of drug-likeness (QED) is 0.736. The Morgan fingerprint density at radius 3 is 2.31 bits per heavy atom. The van der Waals surface area contributed by atoms with Gasteiger partial charge in [0.2, 0.25) is 11.8 Å². The Morgan fingerprint density at radius 2 is 1.92 bits per heavy atom. The highest BCUT2D eigenvalue weighted by Gasteiger charge is 2.22. The first-order valence-electron chi connectivity index (χ1n) is 4.32. The average Bonchev–Trinajstić information content (AvgIpc) is 2.50. The molecule has 1 heterocycles.